The molecule has 1 aliphatic rings. The number of pyridine rings is 1. The van der Waals surface area contributed by atoms with E-state index in [2.05, 4.69) is 4.98 Å². The molecule has 0 aliphatic carbocycles. The number of alkyl halides is 3. The van der Waals surface area contributed by atoms with E-state index in [0.717, 1.165) is 28.1 Å². The first-order valence-electron chi connectivity index (χ1n) is 11.9. The number of ketones is 1. The van der Waals surface area contributed by atoms with Crippen molar-refractivity contribution in [3.05, 3.63) is 83.8 Å². The molecule has 0 radical (unpaired) electrons. The van der Waals surface area contributed by atoms with Gasteiger partial charge in [-0.3, -0.25) is 9.78 Å². The summed E-state index contributed by atoms with van der Waals surface area (Å²) in [5.74, 6) is -0.802. The Morgan fingerprint density at radius 1 is 1.05 bits per heavy atom. The Kier molecular flexibility index (Phi) is 6.83. The first-order chi connectivity index (χ1) is 18.0. The number of aryl methyl sites for hydroxylation is 1. The summed E-state index contributed by atoms with van der Waals surface area (Å²) in [6, 6.07) is 12.3. The molecule has 38 heavy (non-hydrogen) atoms. The number of carbonyl (C=O) groups is 1. The number of sulfonamides is 1. The lowest BCUT2D eigenvalue weighted by atomic mass is 10.0. The van der Waals surface area contributed by atoms with E-state index in [-0.39, 0.29) is 29.4 Å². The van der Waals surface area contributed by atoms with Gasteiger partial charge in [0.15, 0.2) is 5.78 Å². The number of aromatic nitrogens is 1. The van der Waals surface area contributed by atoms with Gasteiger partial charge in [-0.25, -0.2) is 12.8 Å². The van der Waals surface area contributed by atoms with Crippen molar-refractivity contribution in [3.63, 3.8) is 0 Å². The molecule has 0 saturated carbocycles. The predicted octanol–water partition coefficient (Wildman–Crippen LogP) is 6.01. The maximum absolute atomic E-state index is 13.5. The lowest BCUT2D eigenvalue weighted by Crippen LogP contribution is -2.40. The molecule has 1 saturated heterocycles. The summed E-state index contributed by atoms with van der Waals surface area (Å²) >= 11 is 0. The van der Waals surface area contributed by atoms with E-state index >= 15 is 0 Å². The number of benzene rings is 2. The monoisotopic (exact) mass is 546 g/mol. The van der Waals surface area contributed by atoms with Crippen molar-refractivity contribution < 1.29 is 35.2 Å². The average molecular weight is 547 g/mol. The Morgan fingerprint density at radius 3 is 2.55 bits per heavy atom. The van der Waals surface area contributed by atoms with Gasteiger partial charge >= 0.3 is 6.18 Å². The molecule has 0 N–H and O–H groups in total. The van der Waals surface area contributed by atoms with Gasteiger partial charge in [0.2, 0.25) is 5.09 Å². The fourth-order valence-corrected chi connectivity index (χ4v) is 6.25. The van der Waals surface area contributed by atoms with Crippen molar-refractivity contribution in [1.82, 2.24) is 9.29 Å². The molecule has 4 aromatic rings. The molecule has 1 atom stereocenters. The van der Waals surface area contributed by atoms with Crippen molar-refractivity contribution in [2.24, 2.45) is 0 Å². The van der Waals surface area contributed by atoms with Gasteiger partial charge < -0.3 is 4.42 Å². The molecule has 6 nitrogen and oxygen atoms in total. The van der Waals surface area contributed by atoms with Crippen LogP contribution < -0.4 is 0 Å². The molecule has 2 aromatic heterocycles. The van der Waals surface area contributed by atoms with Gasteiger partial charge in [0.1, 0.15) is 11.4 Å². The van der Waals surface area contributed by atoms with Crippen LogP contribution in [0.5, 0.6) is 0 Å². The molecule has 0 unspecified atom stereocenters. The molecule has 0 spiro atoms. The van der Waals surface area contributed by atoms with Gasteiger partial charge in [0, 0.05) is 42.2 Å². The zero-order chi connectivity index (χ0) is 27.1. The second-order valence-electron chi connectivity index (χ2n) is 9.11. The summed E-state index contributed by atoms with van der Waals surface area (Å²) in [6.45, 7) is 0.164. The first kappa shape index (κ1) is 26.1. The maximum atomic E-state index is 13.5. The first-order valence-corrected chi connectivity index (χ1v) is 13.3. The van der Waals surface area contributed by atoms with E-state index in [1.54, 1.807) is 12.1 Å². The number of rotatable bonds is 7. The normalized spacial score (nSPS) is 16.8. The number of fused-ring (bicyclic) bond motifs is 1. The smallest absolute Gasteiger partial charge is 0.416 e. The minimum absolute atomic E-state index is 0.0679. The largest absolute Gasteiger partial charge is 0.443 e. The van der Waals surface area contributed by atoms with E-state index in [1.807, 2.05) is 0 Å². The van der Waals surface area contributed by atoms with Crippen molar-refractivity contribution in [2.45, 2.75) is 43.0 Å². The number of carbonyl (C=O) groups excluding carboxylic acids is 1. The van der Waals surface area contributed by atoms with Crippen LogP contribution in [-0.2, 0) is 27.4 Å². The summed E-state index contributed by atoms with van der Waals surface area (Å²) in [5, 5.41) is 0.0988. The molecule has 1 fully saturated rings. The summed E-state index contributed by atoms with van der Waals surface area (Å²) in [5.41, 5.74) is 1.07. The lowest BCUT2D eigenvalue weighted by molar-refractivity contribution is -0.137. The van der Waals surface area contributed by atoms with Crippen molar-refractivity contribution >= 4 is 26.8 Å². The Bertz CT molecular complexity index is 1600. The van der Waals surface area contributed by atoms with Gasteiger partial charge in [-0.2, -0.15) is 17.5 Å². The topological polar surface area (TPSA) is 80.5 Å². The number of halogens is 4. The number of nitrogens with zero attached hydrogens (tertiary/aromatic N) is 2. The summed E-state index contributed by atoms with van der Waals surface area (Å²) in [7, 11) is -4.11. The molecule has 198 valence electrons. The van der Waals surface area contributed by atoms with Gasteiger partial charge in [-0.05, 0) is 61.2 Å². The Hall–Kier alpha value is -3.57. The molecular formula is C27H22F4N2O4S. The van der Waals surface area contributed by atoms with Crippen LogP contribution in [-0.4, -0.2) is 36.1 Å². The molecule has 2 aromatic carbocycles. The number of hydrogen-bond donors (Lipinski definition) is 0. The average Bonchev–Trinajstić information content (AvgIpc) is 3.55. The van der Waals surface area contributed by atoms with E-state index in [1.165, 1.54) is 36.5 Å². The van der Waals surface area contributed by atoms with Crippen molar-refractivity contribution in [1.29, 1.82) is 0 Å². The number of furan rings is 1. The highest BCUT2D eigenvalue weighted by Gasteiger charge is 2.40. The minimum atomic E-state index is -4.43. The third-order valence-corrected chi connectivity index (χ3v) is 8.35. The second kappa shape index (κ2) is 9.95. The standard InChI is InChI=1S/C27H22F4N2O4S/c28-21-9-6-19-15-26(37-25(19)16-21)38(35,36)33-13-1-2-23(33)24(34)10-3-17-11-12-32-22(14-17)18-4-7-20(8-5-18)27(29,30)31/h4-9,11-12,14-16,23H,1-3,10,13H2/t23-/m0/s1. The van der Waals surface area contributed by atoms with Crippen LogP contribution in [0, 0.1) is 5.82 Å². The van der Waals surface area contributed by atoms with Crippen LogP contribution in [0.2, 0.25) is 0 Å². The van der Waals surface area contributed by atoms with Crippen LogP contribution in [0.25, 0.3) is 22.2 Å². The van der Waals surface area contributed by atoms with E-state index in [0.29, 0.717) is 35.9 Å². The van der Waals surface area contributed by atoms with E-state index in [9.17, 15) is 30.8 Å². The highest BCUT2D eigenvalue weighted by atomic mass is 32.2. The minimum Gasteiger partial charge on any atom is -0.443 e. The Labute approximate surface area is 215 Å². The highest BCUT2D eigenvalue weighted by molar-refractivity contribution is 7.89. The van der Waals surface area contributed by atoms with Gasteiger partial charge in [0.05, 0.1) is 17.3 Å². The third-order valence-electron chi connectivity index (χ3n) is 6.59. The molecular weight excluding hydrogens is 524 g/mol. The van der Waals surface area contributed by atoms with Crippen LogP contribution >= 0.6 is 0 Å². The van der Waals surface area contributed by atoms with Crippen LogP contribution in [0.4, 0.5) is 17.6 Å². The fraction of sp³-hybridized carbons (Fsp3) is 0.259. The molecule has 1 aliphatic heterocycles. The SMILES string of the molecule is O=C(CCc1ccnc(-c2ccc(C(F)(F)F)cc2)c1)[C@@H]1CCCN1S(=O)(=O)c1cc2ccc(F)cc2o1. The van der Waals surface area contributed by atoms with Gasteiger partial charge in [-0.15, -0.1) is 0 Å². The Morgan fingerprint density at radius 2 is 1.82 bits per heavy atom. The highest BCUT2D eigenvalue weighted by Crippen LogP contribution is 2.32. The molecule has 11 heteroatoms. The quantitative estimate of drug-likeness (QED) is 0.265. The van der Waals surface area contributed by atoms with Crippen molar-refractivity contribution in [3.8, 4) is 11.3 Å². The fourth-order valence-electron chi connectivity index (χ4n) is 4.62. The van der Waals surface area contributed by atoms with Crippen LogP contribution in [0.15, 0.2) is 76.4 Å². The van der Waals surface area contributed by atoms with E-state index in [4.69, 9.17) is 4.42 Å². The summed E-state index contributed by atoms with van der Waals surface area (Å²) in [6.07, 6.45) is -1.65. The predicted molar refractivity (Wildman–Crippen MR) is 131 cm³/mol. The number of hydrogen-bond acceptors (Lipinski definition) is 5. The zero-order valence-corrected chi connectivity index (χ0v) is 20.7. The Balaban J connectivity index is 1.28. The van der Waals surface area contributed by atoms with Crippen LogP contribution in [0.3, 0.4) is 0 Å². The zero-order valence-electron chi connectivity index (χ0n) is 19.9. The maximum Gasteiger partial charge on any atom is 0.416 e. The third kappa shape index (κ3) is 5.21. The molecule has 5 rings (SSSR count). The second-order valence-corrected chi connectivity index (χ2v) is 10.9. The van der Waals surface area contributed by atoms with Gasteiger partial charge in [0.25, 0.3) is 10.0 Å². The summed E-state index contributed by atoms with van der Waals surface area (Å²) < 4.78 is 85.1. The van der Waals surface area contributed by atoms with Crippen LogP contribution in [0.1, 0.15) is 30.4 Å². The van der Waals surface area contributed by atoms with Crippen molar-refractivity contribution in [2.75, 3.05) is 6.54 Å². The molecule has 0 bridgehead atoms. The number of Topliss-reactive ketones (excluding diaryl/α,β-unsaturated/α-hetero) is 1. The molecule has 0 amide bonds. The van der Waals surface area contributed by atoms with Gasteiger partial charge in [-0.1, -0.05) is 12.1 Å². The lowest BCUT2D eigenvalue weighted by Gasteiger charge is -2.21. The molecule has 3 heterocycles. The summed E-state index contributed by atoms with van der Waals surface area (Å²) in [4.78, 5) is 17.3. The van der Waals surface area contributed by atoms with E-state index < -0.39 is 33.6 Å².